The molecule has 0 saturated carbocycles. The zero-order valence-electron chi connectivity index (χ0n) is 15.6. The molecule has 0 aliphatic carbocycles. The minimum Gasteiger partial charge on any atom is -0.353 e. The molecule has 0 aliphatic heterocycles. The van der Waals surface area contributed by atoms with Gasteiger partial charge in [0.05, 0.1) is 11.9 Å². The van der Waals surface area contributed by atoms with Gasteiger partial charge < -0.3 is 5.32 Å². The normalized spacial score (nSPS) is 12.4. The monoisotopic (exact) mass is 444 g/mol. The molecule has 28 heavy (non-hydrogen) atoms. The van der Waals surface area contributed by atoms with Crippen LogP contribution in [-0.4, -0.2) is 38.9 Å². The van der Waals surface area contributed by atoms with E-state index in [-0.39, 0.29) is 12.1 Å². The van der Waals surface area contributed by atoms with Crippen molar-refractivity contribution in [3.8, 4) is 0 Å². The molecule has 0 fully saturated rings. The van der Waals surface area contributed by atoms with Crippen molar-refractivity contribution < 1.29 is 17.6 Å². The highest BCUT2D eigenvalue weighted by molar-refractivity contribution is 7.99. The number of nitrogens with zero attached hydrogens (tertiary/aromatic N) is 1. The van der Waals surface area contributed by atoms with Crippen LogP contribution in [0.4, 0.5) is 10.1 Å². The number of anilines is 1. The van der Waals surface area contributed by atoms with E-state index in [2.05, 4.69) is 5.32 Å². The number of hydrogen-bond acceptors (Lipinski definition) is 4. The minimum absolute atomic E-state index is 0.251. The molecule has 0 radical (unpaired) electrons. The second-order valence-corrected chi connectivity index (χ2v) is 9.52. The van der Waals surface area contributed by atoms with Crippen LogP contribution >= 0.6 is 23.4 Å². The van der Waals surface area contributed by atoms with Crippen LogP contribution in [0.3, 0.4) is 0 Å². The van der Waals surface area contributed by atoms with E-state index < -0.39 is 27.8 Å². The van der Waals surface area contributed by atoms with Gasteiger partial charge in [0.15, 0.2) is 0 Å². The van der Waals surface area contributed by atoms with Gasteiger partial charge in [-0.05, 0) is 55.0 Å². The van der Waals surface area contributed by atoms with Crippen molar-refractivity contribution in [3.63, 3.8) is 0 Å². The average Bonchev–Trinajstić information content (AvgIpc) is 2.64. The number of amides is 1. The summed E-state index contributed by atoms with van der Waals surface area (Å²) in [5.41, 5.74) is 0.251. The van der Waals surface area contributed by atoms with Crippen LogP contribution < -0.4 is 9.62 Å². The third-order valence-electron chi connectivity index (χ3n) is 3.89. The molecular formula is C19H22ClFN2O3S2. The summed E-state index contributed by atoms with van der Waals surface area (Å²) in [5.74, 6) is -0.248. The number of nitrogens with one attached hydrogen (secondary N) is 1. The summed E-state index contributed by atoms with van der Waals surface area (Å²) in [6.07, 6.45) is 1.31. The number of hydrogen-bond donors (Lipinski definition) is 1. The van der Waals surface area contributed by atoms with Crippen molar-refractivity contribution in [1.82, 2.24) is 5.32 Å². The maximum atomic E-state index is 13.2. The molecule has 0 aromatic heterocycles. The maximum Gasteiger partial charge on any atom is 0.243 e. The first-order valence-electron chi connectivity index (χ1n) is 8.63. The van der Waals surface area contributed by atoms with Crippen LogP contribution in [-0.2, 0) is 14.8 Å². The number of carbonyl (C=O) groups excluding carboxylic acids is 1. The summed E-state index contributed by atoms with van der Waals surface area (Å²) in [5, 5.41) is 3.44. The van der Waals surface area contributed by atoms with Crippen molar-refractivity contribution in [2.45, 2.75) is 24.3 Å². The number of halogens is 2. The van der Waals surface area contributed by atoms with Gasteiger partial charge in [-0.25, -0.2) is 12.8 Å². The highest BCUT2D eigenvalue weighted by Crippen LogP contribution is 2.23. The van der Waals surface area contributed by atoms with Gasteiger partial charge in [0.25, 0.3) is 0 Å². The van der Waals surface area contributed by atoms with Gasteiger partial charge in [0.2, 0.25) is 15.9 Å². The molecule has 1 amide bonds. The first-order valence-corrected chi connectivity index (χ1v) is 11.8. The van der Waals surface area contributed by atoms with E-state index in [0.29, 0.717) is 17.3 Å². The lowest BCUT2D eigenvalue weighted by molar-refractivity contribution is -0.122. The Morgan fingerprint density at radius 3 is 2.32 bits per heavy atom. The van der Waals surface area contributed by atoms with Gasteiger partial charge in [0, 0.05) is 22.2 Å². The van der Waals surface area contributed by atoms with Gasteiger partial charge in [0.1, 0.15) is 11.9 Å². The SMILES string of the molecule is CCC(C(=O)NCCSc1ccc(Cl)cc1)N(c1ccc(F)cc1)S(C)(=O)=O. The molecule has 2 aromatic carbocycles. The van der Waals surface area contributed by atoms with E-state index in [9.17, 15) is 17.6 Å². The maximum absolute atomic E-state index is 13.2. The Labute approximate surface area is 174 Å². The quantitative estimate of drug-likeness (QED) is 0.470. The lowest BCUT2D eigenvalue weighted by atomic mass is 10.2. The molecule has 1 unspecified atom stereocenters. The molecule has 5 nitrogen and oxygen atoms in total. The number of thioether (sulfide) groups is 1. The number of benzene rings is 2. The van der Waals surface area contributed by atoms with Crippen molar-refractivity contribution in [1.29, 1.82) is 0 Å². The molecule has 1 N–H and O–H groups in total. The Bertz CT molecular complexity index is 890. The summed E-state index contributed by atoms with van der Waals surface area (Å²) in [7, 11) is -3.73. The molecule has 0 aliphatic rings. The Kier molecular flexibility index (Phi) is 8.15. The molecule has 0 spiro atoms. The van der Waals surface area contributed by atoms with Crippen LogP contribution in [0.25, 0.3) is 0 Å². The summed E-state index contributed by atoms with van der Waals surface area (Å²) in [4.78, 5) is 13.7. The Hall–Kier alpha value is -1.77. The van der Waals surface area contributed by atoms with Crippen molar-refractivity contribution in [3.05, 3.63) is 59.4 Å². The predicted octanol–water partition coefficient (Wildman–Crippen LogP) is 3.93. The fraction of sp³-hybridized carbons (Fsp3) is 0.316. The molecule has 0 bridgehead atoms. The van der Waals surface area contributed by atoms with E-state index in [4.69, 9.17) is 11.6 Å². The van der Waals surface area contributed by atoms with Crippen LogP contribution in [0, 0.1) is 5.82 Å². The largest absolute Gasteiger partial charge is 0.353 e. The van der Waals surface area contributed by atoms with Crippen LogP contribution in [0.2, 0.25) is 5.02 Å². The standard InChI is InChI=1S/C19H22ClFN2O3S2/c1-3-18(23(28(2,25)26)16-8-6-15(21)7-9-16)19(24)22-12-13-27-17-10-4-14(20)5-11-17/h4-11,18H,3,12-13H2,1-2H3,(H,22,24). The van der Waals surface area contributed by atoms with E-state index in [1.807, 2.05) is 12.1 Å². The topological polar surface area (TPSA) is 66.5 Å². The van der Waals surface area contributed by atoms with Gasteiger partial charge >= 0.3 is 0 Å². The molecule has 1 atom stereocenters. The molecule has 152 valence electrons. The van der Waals surface area contributed by atoms with Gasteiger partial charge in [-0.15, -0.1) is 11.8 Å². The lowest BCUT2D eigenvalue weighted by Crippen LogP contribution is -2.49. The number of carbonyl (C=O) groups is 1. The predicted molar refractivity (Wildman–Crippen MR) is 113 cm³/mol. The first-order chi connectivity index (χ1) is 13.2. The fourth-order valence-electron chi connectivity index (χ4n) is 2.64. The Morgan fingerprint density at radius 1 is 1.18 bits per heavy atom. The molecule has 9 heteroatoms. The second-order valence-electron chi connectivity index (χ2n) is 6.05. The Balaban J connectivity index is 2.02. The summed E-state index contributed by atoms with van der Waals surface area (Å²) in [6.45, 7) is 2.11. The zero-order valence-corrected chi connectivity index (χ0v) is 18.0. The van der Waals surface area contributed by atoms with Gasteiger partial charge in [-0.2, -0.15) is 0 Å². The van der Waals surface area contributed by atoms with Crippen molar-refractivity contribution in [2.75, 3.05) is 22.9 Å². The van der Waals surface area contributed by atoms with E-state index in [1.54, 1.807) is 30.8 Å². The highest BCUT2D eigenvalue weighted by atomic mass is 35.5. The van der Waals surface area contributed by atoms with E-state index in [0.717, 1.165) is 15.5 Å². The summed E-state index contributed by atoms with van der Waals surface area (Å²) in [6, 6.07) is 11.5. The smallest absolute Gasteiger partial charge is 0.243 e. The molecule has 0 heterocycles. The molecule has 0 saturated heterocycles. The first kappa shape index (κ1) is 22.5. The van der Waals surface area contributed by atoms with E-state index >= 15 is 0 Å². The van der Waals surface area contributed by atoms with Gasteiger partial charge in [-0.3, -0.25) is 9.10 Å². The van der Waals surface area contributed by atoms with Crippen molar-refractivity contribution in [2.24, 2.45) is 0 Å². The molecule has 2 rings (SSSR count). The Morgan fingerprint density at radius 2 is 1.79 bits per heavy atom. The molecular weight excluding hydrogens is 423 g/mol. The minimum atomic E-state index is -3.73. The average molecular weight is 445 g/mol. The molecule has 2 aromatic rings. The van der Waals surface area contributed by atoms with Gasteiger partial charge in [-0.1, -0.05) is 18.5 Å². The highest BCUT2D eigenvalue weighted by Gasteiger charge is 2.31. The van der Waals surface area contributed by atoms with Crippen molar-refractivity contribution >= 4 is 45.0 Å². The van der Waals surface area contributed by atoms with Crippen LogP contribution in [0.5, 0.6) is 0 Å². The van der Waals surface area contributed by atoms with E-state index in [1.165, 1.54) is 24.3 Å². The lowest BCUT2D eigenvalue weighted by Gasteiger charge is -2.30. The summed E-state index contributed by atoms with van der Waals surface area (Å²) >= 11 is 7.41. The number of sulfonamides is 1. The second kappa shape index (κ2) is 10.1. The van der Waals surface area contributed by atoms with Crippen LogP contribution in [0.1, 0.15) is 13.3 Å². The third kappa shape index (κ3) is 6.39. The zero-order chi connectivity index (χ0) is 20.7. The number of rotatable bonds is 9. The summed E-state index contributed by atoms with van der Waals surface area (Å²) < 4.78 is 38.8. The third-order valence-corrected chi connectivity index (χ3v) is 6.34. The fourth-order valence-corrected chi connectivity index (χ4v) is 4.75. The van der Waals surface area contributed by atoms with Crippen LogP contribution in [0.15, 0.2) is 53.4 Å².